The number of fused-ring (bicyclic) bond motifs is 1. The molecule has 33 heavy (non-hydrogen) atoms. The quantitative estimate of drug-likeness (QED) is 0.356. The van der Waals surface area contributed by atoms with Crippen molar-refractivity contribution in [3.63, 3.8) is 0 Å². The summed E-state index contributed by atoms with van der Waals surface area (Å²) < 4.78 is 16.6. The van der Waals surface area contributed by atoms with Crippen molar-refractivity contribution < 1.29 is 18.7 Å². The Kier molecular flexibility index (Phi) is 6.85. The number of amides is 1. The highest BCUT2D eigenvalue weighted by atomic mass is 32.1. The van der Waals surface area contributed by atoms with E-state index in [4.69, 9.17) is 26.1 Å². The summed E-state index contributed by atoms with van der Waals surface area (Å²) in [6.07, 6.45) is 0.922. The van der Waals surface area contributed by atoms with Crippen molar-refractivity contribution in [2.75, 3.05) is 19.0 Å². The molecule has 2 N–H and O–H groups in total. The van der Waals surface area contributed by atoms with Crippen LogP contribution in [-0.2, 0) is 0 Å². The number of thiocarbonyl (C=S) groups is 1. The number of anilines is 1. The standard InChI is InChI=1S/C25H23N3O4S/c1-3-14-31-20-11-4-16(5-12-20)23(29)28-25(33)26-18-8-13-22-21(15-18)27-24(32-22)17-6-9-19(30-2)10-7-17/h4-13,15H,3,14H2,1-2H3,(H2,26,28,29,33). The van der Waals surface area contributed by atoms with Crippen molar-refractivity contribution in [1.82, 2.24) is 10.3 Å². The number of carbonyl (C=O) groups excluding carboxylic acids is 1. The fraction of sp³-hybridized carbons (Fsp3) is 0.160. The van der Waals surface area contributed by atoms with Crippen molar-refractivity contribution in [3.05, 3.63) is 72.3 Å². The molecule has 0 radical (unpaired) electrons. The lowest BCUT2D eigenvalue weighted by atomic mass is 10.2. The van der Waals surface area contributed by atoms with Crippen LogP contribution in [-0.4, -0.2) is 29.7 Å². The number of benzene rings is 3. The van der Waals surface area contributed by atoms with Crippen LogP contribution >= 0.6 is 12.2 Å². The second-order valence-electron chi connectivity index (χ2n) is 7.21. The first-order valence-electron chi connectivity index (χ1n) is 10.5. The molecule has 0 saturated heterocycles. The zero-order chi connectivity index (χ0) is 23.2. The lowest BCUT2D eigenvalue weighted by Crippen LogP contribution is -2.34. The molecule has 1 amide bonds. The highest BCUT2D eigenvalue weighted by Crippen LogP contribution is 2.27. The monoisotopic (exact) mass is 461 g/mol. The average molecular weight is 462 g/mol. The number of hydrogen-bond acceptors (Lipinski definition) is 6. The summed E-state index contributed by atoms with van der Waals surface area (Å²) in [7, 11) is 1.62. The predicted molar refractivity (Wildman–Crippen MR) is 132 cm³/mol. The predicted octanol–water partition coefficient (Wildman–Crippen LogP) is 5.42. The minimum atomic E-state index is -0.307. The summed E-state index contributed by atoms with van der Waals surface area (Å²) in [5, 5.41) is 5.88. The van der Waals surface area contributed by atoms with Crippen molar-refractivity contribution in [3.8, 4) is 23.0 Å². The van der Waals surface area contributed by atoms with E-state index in [0.717, 1.165) is 23.5 Å². The molecule has 0 aliphatic heterocycles. The summed E-state index contributed by atoms with van der Waals surface area (Å²) in [4.78, 5) is 17.0. The molecule has 168 valence electrons. The molecule has 4 aromatic rings. The number of aromatic nitrogens is 1. The first-order chi connectivity index (χ1) is 16.1. The second-order valence-corrected chi connectivity index (χ2v) is 7.62. The third-order valence-electron chi connectivity index (χ3n) is 4.80. The van der Waals surface area contributed by atoms with Gasteiger partial charge >= 0.3 is 0 Å². The molecule has 0 fully saturated rings. The normalized spacial score (nSPS) is 10.6. The number of oxazole rings is 1. The first kappa shape index (κ1) is 22.3. The Bertz CT molecular complexity index is 1270. The van der Waals surface area contributed by atoms with Gasteiger partial charge in [0.25, 0.3) is 5.91 Å². The summed E-state index contributed by atoms with van der Waals surface area (Å²) >= 11 is 5.30. The number of ether oxygens (including phenoxy) is 2. The number of nitrogens with zero attached hydrogens (tertiary/aromatic N) is 1. The Morgan fingerprint density at radius 3 is 2.45 bits per heavy atom. The van der Waals surface area contributed by atoms with Gasteiger partial charge in [-0.2, -0.15) is 0 Å². The molecule has 1 aromatic heterocycles. The summed E-state index contributed by atoms with van der Waals surface area (Å²) in [5.74, 6) is 1.69. The van der Waals surface area contributed by atoms with Gasteiger partial charge in [0.05, 0.1) is 13.7 Å². The van der Waals surface area contributed by atoms with Gasteiger partial charge in [0.15, 0.2) is 10.7 Å². The van der Waals surface area contributed by atoms with Gasteiger partial charge in [-0.25, -0.2) is 4.98 Å². The van der Waals surface area contributed by atoms with Crippen LogP contribution in [0.25, 0.3) is 22.6 Å². The lowest BCUT2D eigenvalue weighted by Gasteiger charge is -2.10. The molecule has 0 saturated carbocycles. The molecular formula is C25H23N3O4S. The Hall–Kier alpha value is -3.91. The summed E-state index contributed by atoms with van der Waals surface area (Å²) in [5.41, 5.74) is 3.33. The van der Waals surface area contributed by atoms with Gasteiger partial charge in [-0.05, 0) is 85.4 Å². The molecule has 8 heteroatoms. The van der Waals surface area contributed by atoms with Crippen LogP contribution in [0.2, 0.25) is 0 Å². The SMILES string of the molecule is CCCOc1ccc(C(=O)NC(=S)Nc2ccc3oc(-c4ccc(OC)cc4)nc3c2)cc1. The van der Waals surface area contributed by atoms with Gasteiger partial charge in [0, 0.05) is 16.8 Å². The van der Waals surface area contributed by atoms with Crippen LogP contribution in [0.5, 0.6) is 11.5 Å². The van der Waals surface area contributed by atoms with Gasteiger partial charge in [0.2, 0.25) is 5.89 Å². The van der Waals surface area contributed by atoms with Gasteiger partial charge in [0.1, 0.15) is 17.0 Å². The number of rotatable bonds is 7. The zero-order valence-corrected chi connectivity index (χ0v) is 19.1. The Morgan fingerprint density at radius 1 is 1.03 bits per heavy atom. The molecule has 7 nitrogen and oxygen atoms in total. The maximum Gasteiger partial charge on any atom is 0.257 e. The molecule has 0 spiro atoms. The van der Waals surface area contributed by atoms with Gasteiger partial charge in [-0.3, -0.25) is 10.1 Å². The van der Waals surface area contributed by atoms with E-state index in [9.17, 15) is 4.79 Å². The zero-order valence-electron chi connectivity index (χ0n) is 18.3. The number of nitrogens with one attached hydrogen (secondary N) is 2. The summed E-state index contributed by atoms with van der Waals surface area (Å²) in [6.45, 7) is 2.67. The number of hydrogen-bond donors (Lipinski definition) is 2. The maximum absolute atomic E-state index is 12.5. The van der Waals surface area contributed by atoms with Crippen molar-refractivity contribution in [2.24, 2.45) is 0 Å². The van der Waals surface area contributed by atoms with Gasteiger partial charge in [-0.15, -0.1) is 0 Å². The second kappa shape index (κ2) is 10.1. The van der Waals surface area contributed by atoms with E-state index in [1.54, 1.807) is 37.4 Å². The first-order valence-corrected chi connectivity index (χ1v) is 10.9. The Balaban J connectivity index is 1.40. The van der Waals surface area contributed by atoms with Crippen LogP contribution in [0.3, 0.4) is 0 Å². The third-order valence-corrected chi connectivity index (χ3v) is 5.00. The summed E-state index contributed by atoms with van der Waals surface area (Å²) in [6, 6.07) is 19.8. The van der Waals surface area contributed by atoms with Gasteiger partial charge < -0.3 is 19.2 Å². The molecular weight excluding hydrogens is 438 g/mol. The molecule has 4 rings (SSSR count). The number of methoxy groups -OCH3 is 1. The van der Waals surface area contributed by atoms with Crippen LogP contribution in [0.4, 0.5) is 5.69 Å². The van der Waals surface area contributed by atoms with Crippen molar-refractivity contribution >= 4 is 40.0 Å². The fourth-order valence-electron chi connectivity index (χ4n) is 3.12. The molecule has 3 aromatic carbocycles. The van der Waals surface area contributed by atoms with Crippen LogP contribution in [0, 0.1) is 0 Å². The van der Waals surface area contributed by atoms with Crippen molar-refractivity contribution in [1.29, 1.82) is 0 Å². The lowest BCUT2D eigenvalue weighted by molar-refractivity contribution is 0.0977. The highest BCUT2D eigenvalue weighted by molar-refractivity contribution is 7.80. The van der Waals surface area contributed by atoms with Crippen LogP contribution in [0.15, 0.2) is 71.1 Å². The smallest absolute Gasteiger partial charge is 0.257 e. The van der Waals surface area contributed by atoms with E-state index < -0.39 is 0 Å². The molecule has 0 unspecified atom stereocenters. The number of carbonyl (C=O) groups is 1. The third kappa shape index (κ3) is 5.48. The van der Waals surface area contributed by atoms with E-state index in [1.165, 1.54) is 0 Å². The average Bonchev–Trinajstić information content (AvgIpc) is 3.26. The minimum absolute atomic E-state index is 0.185. The van der Waals surface area contributed by atoms with Gasteiger partial charge in [-0.1, -0.05) is 6.92 Å². The maximum atomic E-state index is 12.5. The van der Waals surface area contributed by atoms with Crippen molar-refractivity contribution in [2.45, 2.75) is 13.3 Å². The Labute approximate surface area is 196 Å². The minimum Gasteiger partial charge on any atom is -0.497 e. The topological polar surface area (TPSA) is 85.6 Å². The molecule has 0 aliphatic rings. The molecule has 1 heterocycles. The van der Waals surface area contributed by atoms with Crippen LogP contribution < -0.4 is 20.1 Å². The highest BCUT2D eigenvalue weighted by Gasteiger charge is 2.11. The van der Waals surface area contributed by atoms with E-state index in [1.807, 2.05) is 43.3 Å². The van der Waals surface area contributed by atoms with E-state index >= 15 is 0 Å². The molecule has 0 atom stereocenters. The Morgan fingerprint density at radius 2 is 1.76 bits per heavy atom. The molecule has 0 aliphatic carbocycles. The fourth-order valence-corrected chi connectivity index (χ4v) is 3.33. The van der Waals surface area contributed by atoms with E-state index in [0.29, 0.717) is 34.8 Å². The van der Waals surface area contributed by atoms with Crippen LogP contribution in [0.1, 0.15) is 23.7 Å². The van der Waals surface area contributed by atoms with E-state index in [-0.39, 0.29) is 11.0 Å². The van der Waals surface area contributed by atoms with E-state index in [2.05, 4.69) is 15.6 Å². The molecule has 0 bridgehead atoms. The largest absolute Gasteiger partial charge is 0.497 e.